The molecule has 0 spiro atoms. The summed E-state index contributed by atoms with van der Waals surface area (Å²) in [7, 11) is 0. The van der Waals surface area contributed by atoms with Gasteiger partial charge in [0.1, 0.15) is 5.69 Å². The van der Waals surface area contributed by atoms with Gasteiger partial charge in [-0.15, -0.1) is 0 Å². The molecule has 3 atom stereocenters. The number of fused-ring (bicyclic) bond motifs is 1. The number of aromatic nitrogens is 5. The van der Waals surface area contributed by atoms with Gasteiger partial charge in [0.25, 0.3) is 0 Å². The minimum Gasteiger partial charge on any atom is -0.365 e. The molecule has 2 amide bonds. The molecular formula is C23H28ClFN8O. The number of carbonyl (C=O) groups excluding carboxylic acids is 1. The summed E-state index contributed by atoms with van der Waals surface area (Å²) in [5, 5.41) is 14.6. The molecule has 0 bridgehead atoms. The number of carbonyl (C=O) groups is 1. The predicted octanol–water partition coefficient (Wildman–Crippen LogP) is 4.51. The summed E-state index contributed by atoms with van der Waals surface area (Å²) in [5.41, 5.74) is 1.01. The van der Waals surface area contributed by atoms with Gasteiger partial charge in [0.2, 0.25) is 0 Å². The molecule has 3 aromatic heterocycles. The van der Waals surface area contributed by atoms with Crippen LogP contribution in [0.2, 0.25) is 5.02 Å². The van der Waals surface area contributed by atoms with Crippen molar-refractivity contribution in [2.75, 3.05) is 11.9 Å². The molecule has 4 heterocycles. The van der Waals surface area contributed by atoms with E-state index in [-0.39, 0.29) is 29.8 Å². The summed E-state index contributed by atoms with van der Waals surface area (Å²) in [6, 6.07) is 2.10. The fourth-order valence-corrected chi connectivity index (χ4v) is 5.22. The Bertz CT molecular complexity index is 1190. The Balaban J connectivity index is 1.28. The van der Waals surface area contributed by atoms with Gasteiger partial charge in [0.05, 0.1) is 16.6 Å². The van der Waals surface area contributed by atoms with E-state index >= 15 is 0 Å². The Hall–Kier alpha value is -3.01. The van der Waals surface area contributed by atoms with E-state index in [0.29, 0.717) is 34.2 Å². The van der Waals surface area contributed by atoms with Crippen molar-refractivity contribution < 1.29 is 9.18 Å². The molecule has 2 fully saturated rings. The maximum absolute atomic E-state index is 14.6. The molecule has 3 N–H and O–H groups in total. The van der Waals surface area contributed by atoms with Crippen LogP contribution in [0.4, 0.5) is 15.0 Å². The van der Waals surface area contributed by atoms with Crippen molar-refractivity contribution in [2.45, 2.75) is 70.0 Å². The highest BCUT2D eigenvalue weighted by Crippen LogP contribution is 2.28. The van der Waals surface area contributed by atoms with E-state index < -0.39 is 5.82 Å². The highest BCUT2D eigenvalue weighted by atomic mass is 35.5. The van der Waals surface area contributed by atoms with Crippen LogP contribution in [0.5, 0.6) is 0 Å². The average molecular weight is 487 g/mol. The lowest BCUT2D eigenvalue weighted by atomic mass is 9.91. The Labute approximate surface area is 201 Å². The van der Waals surface area contributed by atoms with Crippen LogP contribution < -0.4 is 10.6 Å². The lowest BCUT2D eigenvalue weighted by Crippen LogP contribution is -2.49. The van der Waals surface area contributed by atoms with Crippen molar-refractivity contribution in [1.82, 2.24) is 35.4 Å². The van der Waals surface area contributed by atoms with Crippen molar-refractivity contribution in [2.24, 2.45) is 0 Å². The smallest absolute Gasteiger partial charge is 0.317 e. The van der Waals surface area contributed by atoms with Gasteiger partial charge >= 0.3 is 6.03 Å². The predicted molar refractivity (Wildman–Crippen MR) is 128 cm³/mol. The first-order valence-electron chi connectivity index (χ1n) is 11.9. The van der Waals surface area contributed by atoms with Crippen LogP contribution in [0.15, 0.2) is 18.5 Å². The molecular weight excluding hydrogens is 459 g/mol. The standard InChI is InChI=1S/C23H28ClFN8O/c1-2-16-7-4-8-33(16)23(34)29-15-6-3-5-14(10-15)28-21-18(25)12-27-22(30-21)19-17-9-13(24)11-26-20(17)32-31-19/h9,11-12,14-16H,2-8,10H2,1H3,(H,29,34)(H,26,31,32)(H,27,28,30)/t14-,15+,16+/m0/s1. The minimum atomic E-state index is -0.534. The quantitative estimate of drug-likeness (QED) is 0.489. The first-order chi connectivity index (χ1) is 16.5. The van der Waals surface area contributed by atoms with E-state index in [1.165, 1.54) is 6.20 Å². The zero-order valence-electron chi connectivity index (χ0n) is 19.0. The fourth-order valence-electron chi connectivity index (χ4n) is 5.06. The third kappa shape index (κ3) is 4.64. The molecule has 1 aliphatic heterocycles. The molecule has 0 unspecified atom stereocenters. The summed E-state index contributed by atoms with van der Waals surface area (Å²) in [6.45, 7) is 2.94. The molecule has 5 rings (SSSR count). The van der Waals surface area contributed by atoms with E-state index in [1.54, 1.807) is 6.07 Å². The third-order valence-electron chi connectivity index (χ3n) is 6.79. The number of hydrogen-bond donors (Lipinski definition) is 3. The molecule has 3 aromatic rings. The number of aromatic amines is 1. The van der Waals surface area contributed by atoms with Gasteiger partial charge < -0.3 is 15.5 Å². The van der Waals surface area contributed by atoms with Gasteiger partial charge in [-0.05, 0) is 51.0 Å². The number of amides is 2. The van der Waals surface area contributed by atoms with Crippen LogP contribution >= 0.6 is 11.6 Å². The van der Waals surface area contributed by atoms with Gasteiger partial charge in [-0.25, -0.2) is 24.1 Å². The number of urea groups is 1. The van der Waals surface area contributed by atoms with E-state index in [0.717, 1.165) is 51.3 Å². The number of H-pyrrole nitrogens is 1. The number of hydrogen-bond acceptors (Lipinski definition) is 6. The Morgan fingerprint density at radius 2 is 2.09 bits per heavy atom. The monoisotopic (exact) mass is 486 g/mol. The van der Waals surface area contributed by atoms with Crippen molar-refractivity contribution in [3.63, 3.8) is 0 Å². The number of rotatable bonds is 5. The molecule has 11 heteroatoms. The topological polar surface area (TPSA) is 112 Å². The van der Waals surface area contributed by atoms with Crippen LogP contribution in [0.3, 0.4) is 0 Å². The largest absolute Gasteiger partial charge is 0.365 e. The fraction of sp³-hybridized carbons (Fsp3) is 0.522. The summed E-state index contributed by atoms with van der Waals surface area (Å²) in [5.74, 6) is -0.132. The van der Waals surface area contributed by atoms with Gasteiger partial charge in [-0.2, -0.15) is 5.10 Å². The number of halogens is 2. The van der Waals surface area contributed by atoms with Gasteiger partial charge in [-0.1, -0.05) is 18.5 Å². The minimum absolute atomic E-state index is 0.0103. The van der Waals surface area contributed by atoms with Crippen LogP contribution in [0.25, 0.3) is 22.6 Å². The second-order valence-corrected chi connectivity index (χ2v) is 9.50. The molecule has 1 aliphatic carbocycles. The molecule has 1 saturated carbocycles. The molecule has 34 heavy (non-hydrogen) atoms. The zero-order chi connectivity index (χ0) is 23.7. The summed E-state index contributed by atoms with van der Waals surface area (Å²) in [6.07, 6.45) is 9.21. The van der Waals surface area contributed by atoms with Crippen LogP contribution in [0, 0.1) is 5.82 Å². The summed E-state index contributed by atoms with van der Waals surface area (Å²) in [4.78, 5) is 27.5. The summed E-state index contributed by atoms with van der Waals surface area (Å²) >= 11 is 6.08. The number of anilines is 1. The highest BCUT2D eigenvalue weighted by molar-refractivity contribution is 6.31. The highest BCUT2D eigenvalue weighted by Gasteiger charge is 2.30. The first kappa shape index (κ1) is 22.8. The summed E-state index contributed by atoms with van der Waals surface area (Å²) < 4.78 is 14.6. The number of pyridine rings is 1. The van der Waals surface area contributed by atoms with Crippen LogP contribution in [-0.2, 0) is 0 Å². The van der Waals surface area contributed by atoms with Crippen molar-refractivity contribution in [3.05, 3.63) is 29.3 Å². The normalized spacial score (nSPS) is 22.8. The number of likely N-dealkylation sites (tertiary alicyclic amines) is 1. The van der Waals surface area contributed by atoms with E-state index in [4.69, 9.17) is 11.6 Å². The average Bonchev–Trinajstić information content (AvgIpc) is 3.47. The van der Waals surface area contributed by atoms with E-state index in [9.17, 15) is 9.18 Å². The first-order valence-corrected chi connectivity index (χ1v) is 12.3. The van der Waals surface area contributed by atoms with Gasteiger partial charge in [0.15, 0.2) is 23.1 Å². The molecule has 9 nitrogen and oxygen atoms in total. The van der Waals surface area contributed by atoms with Crippen molar-refractivity contribution in [3.8, 4) is 11.5 Å². The van der Waals surface area contributed by atoms with Crippen LogP contribution in [-0.4, -0.2) is 60.8 Å². The Morgan fingerprint density at radius 3 is 2.94 bits per heavy atom. The Kier molecular flexibility index (Phi) is 6.49. The molecule has 2 aliphatic rings. The second kappa shape index (κ2) is 9.69. The molecule has 0 radical (unpaired) electrons. The maximum atomic E-state index is 14.6. The lowest BCUT2D eigenvalue weighted by molar-refractivity contribution is 0.183. The number of nitrogens with one attached hydrogen (secondary N) is 3. The second-order valence-electron chi connectivity index (χ2n) is 9.06. The SMILES string of the molecule is CC[C@@H]1CCCN1C(=O)N[C@@H]1CCC[C@H](Nc2nc(-c3n[nH]c4ncc(Cl)cc34)ncc2F)C1. The zero-order valence-corrected chi connectivity index (χ0v) is 19.8. The van der Waals surface area contributed by atoms with Crippen LogP contribution in [0.1, 0.15) is 51.9 Å². The molecule has 180 valence electrons. The molecule has 1 saturated heterocycles. The number of nitrogens with zero attached hydrogens (tertiary/aromatic N) is 5. The lowest BCUT2D eigenvalue weighted by Gasteiger charge is -2.33. The van der Waals surface area contributed by atoms with E-state index in [2.05, 4.69) is 42.7 Å². The Morgan fingerprint density at radius 1 is 1.24 bits per heavy atom. The molecule has 0 aromatic carbocycles. The van der Waals surface area contributed by atoms with Gasteiger partial charge in [-0.3, -0.25) is 5.10 Å². The van der Waals surface area contributed by atoms with Crippen molar-refractivity contribution in [1.29, 1.82) is 0 Å². The third-order valence-corrected chi connectivity index (χ3v) is 7.00. The maximum Gasteiger partial charge on any atom is 0.317 e. The van der Waals surface area contributed by atoms with E-state index in [1.807, 2.05) is 4.90 Å². The van der Waals surface area contributed by atoms with Gasteiger partial charge in [0, 0.05) is 30.9 Å². The van der Waals surface area contributed by atoms with Crippen molar-refractivity contribution >= 4 is 34.5 Å².